The van der Waals surface area contributed by atoms with Gasteiger partial charge in [-0.25, -0.2) is 8.42 Å². The highest BCUT2D eigenvalue weighted by molar-refractivity contribution is 7.89. The standard InChI is InChI=1S/C23H27N3O5S/c27-22(10-7-19-15-18-3-1-2-4-21(18)25-23(19)28)24-16-17-5-8-20(9-6-17)32(29,30)26-11-13-31-14-12-26/h1-6,8-9,19H,7,10-16H2,(H,24,27)(H,25,28)/t19-/m1/s1. The molecule has 0 saturated carbocycles. The summed E-state index contributed by atoms with van der Waals surface area (Å²) >= 11 is 0. The number of anilines is 1. The summed E-state index contributed by atoms with van der Waals surface area (Å²) in [6.07, 6.45) is 1.36. The topological polar surface area (TPSA) is 105 Å². The van der Waals surface area contributed by atoms with Crippen molar-refractivity contribution in [3.05, 3.63) is 59.7 Å². The van der Waals surface area contributed by atoms with Gasteiger partial charge in [0.25, 0.3) is 0 Å². The van der Waals surface area contributed by atoms with Gasteiger partial charge in [0, 0.05) is 37.7 Å². The van der Waals surface area contributed by atoms with Crippen molar-refractivity contribution in [2.45, 2.75) is 30.7 Å². The van der Waals surface area contributed by atoms with E-state index >= 15 is 0 Å². The van der Waals surface area contributed by atoms with Gasteiger partial charge in [-0.3, -0.25) is 9.59 Å². The van der Waals surface area contributed by atoms with Crippen molar-refractivity contribution in [2.24, 2.45) is 5.92 Å². The van der Waals surface area contributed by atoms with Crippen molar-refractivity contribution in [2.75, 3.05) is 31.6 Å². The third kappa shape index (κ3) is 5.17. The first-order chi connectivity index (χ1) is 15.4. The number of carbonyl (C=O) groups excluding carboxylic acids is 2. The van der Waals surface area contributed by atoms with Gasteiger partial charge in [0.15, 0.2) is 0 Å². The quantitative estimate of drug-likeness (QED) is 0.661. The van der Waals surface area contributed by atoms with E-state index in [-0.39, 0.29) is 29.0 Å². The fraction of sp³-hybridized carbons (Fsp3) is 0.391. The average Bonchev–Trinajstić information content (AvgIpc) is 2.82. The van der Waals surface area contributed by atoms with Crippen LogP contribution in [0, 0.1) is 5.92 Å². The van der Waals surface area contributed by atoms with Crippen molar-refractivity contribution < 1.29 is 22.7 Å². The first-order valence-corrected chi connectivity index (χ1v) is 12.2. The largest absolute Gasteiger partial charge is 0.379 e. The minimum Gasteiger partial charge on any atom is -0.379 e. The summed E-state index contributed by atoms with van der Waals surface area (Å²) in [5.41, 5.74) is 2.74. The molecule has 0 aliphatic carbocycles. The number of para-hydroxylation sites is 1. The van der Waals surface area contributed by atoms with Crippen LogP contribution in [0.4, 0.5) is 5.69 Å². The Balaban J connectivity index is 1.26. The van der Waals surface area contributed by atoms with Crippen LogP contribution in [-0.4, -0.2) is 50.8 Å². The van der Waals surface area contributed by atoms with Crippen LogP contribution in [0.25, 0.3) is 0 Å². The second-order valence-corrected chi connectivity index (χ2v) is 9.96. The van der Waals surface area contributed by atoms with Crippen LogP contribution < -0.4 is 10.6 Å². The van der Waals surface area contributed by atoms with Crippen LogP contribution in [0.2, 0.25) is 0 Å². The van der Waals surface area contributed by atoms with Gasteiger partial charge in [-0.15, -0.1) is 0 Å². The van der Waals surface area contributed by atoms with Crippen molar-refractivity contribution >= 4 is 27.5 Å². The maximum atomic E-state index is 12.7. The van der Waals surface area contributed by atoms with Crippen molar-refractivity contribution in [3.8, 4) is 0 Å². The molecule has 0 spiro atoms. The van der Waals surface area contributed by atoms with E-state index < -0.39 is 10.0 Å². The number of nitrogens with one attached hydrogen (secondary N) is 2. The van der Waals surface area contributed by atoms with Gasteiger partial charge in [0.2, 0.25) is 21.8 Å². The molecule has 1 fully saturated rings. The van der Waals surface area contributed by atoms with Crippen LogP contribution >= 0.6 is 0 Å². The Kier molecular flexibility index (Phi) is 6.88. The Morgan fingerprint density at radius 1 is 1.09 bits per heavy atom. The first kappa shape index (κ1) is 22.4. The monoisotopic (exact) mass is 457 g/mol. The second-order valence-electron chi connectivity index (χ2n) is 8.02. The predicted molar refractivity (Wildman–Crippen MR) is 119 cm³/mol. The minimum absolute atomic E-state index is 0.0476. The minimum atomic E-state index is -3.53. The molecule has 2 heterocycles. The molecular formula is C23H27N3O5S. The number of amides is 2. The lowest BCUT2D eigenvalue weighted by molar-refractivity contribution is -0.122. The van der Waals surface area contributed by atoms with Gasteiger partial charge in [-0.2, -0.15) is 4.31 Å². The van der Waals surface area contributed by atoms with E-state index in [1.165, 1.54) is 4.31 Å². The Hall–Kier alpha value is -2.75. The summed E-state index contributed by atoms with van der Waals surface area (Å²) in [4.78, 5) is 24.8. The van der Waals surface area contributed by atoms with Crippen molar-refractivity contribution in [1.82, 2.24) is 9.62 Å². The molecule has 2 N–H and O–H groups in total. The average molecular weight is 458 g/mol. The molecule has 2 amide bonds. The lowest BCUT2D eigenvalue weighted by Gasteiger charge is -2.26. The molecular weight excluding hydrogens is 430 g/mol. The summed E-state index contributed by atoms with van der Waals surface area (Å²) in [7, 11) is -3.53. The molecule has 2 aliphatic heterocycles. The maximum absolute atomic E-state index is 12.7. The zero-order chi connectivity index (χ0) is 22.6. The van der Waals surface area contributed by atoms with E-state index in [1.807, 2.05) is 24.3 Å². The molecule has 170 valence electrons. The van der Waals surface area contributed by atoms with Crippen LogP contribution in [0.15, 0.2) is 53.4 Å². The Morgan fingerprint density at radius 2 is 1.81 bits per heavy atom. The van der Waals surface area contributed by atoms with E-state index in [1.54, 1.807) is 24.3 Å². The number of morpholine rings is 1. The number of benzene rings is 2. The van der Waals surface area contributed by atoms with Gasteiger partial charge in [0.1, 0.15) is 0 Å². The van der Waals surface area contributed by atoms with E-state index in [0.717, 1.165) is 16.8 Å². The fourth-order valence-electron chi connectivity index (χ4n) is 3.96. The highest BCUT2D eigenvalue weighted by Crippen LogP contribution is 2.27. The lowest BCUT2D eigenvalue weighted by atomic mass is 9.89. The molecule has 1 atom stereocenters. The van der Waals surface area contributed by atoms with Gasteiger partial charge in [-0.05, 0) is 42.2 Å². The molecule has 4 rings (SSSR count). The van der Waals surface area contributed by atoms with Gasteiger partial charge >= 0.3 is 0 Å². The lowest BCUT2D eigenvalue weighted by Crippen LogP contribution is -2.40. The number of ether oxygens (including phenoxy) is 1. The summed E-state index contributed by atoms with van der Waals surface area (Å²) < 4.78 is 32.0. The van der Waals surface area contributed by atoms with Gasteiger partial charge in [0.05, 0.1) is 18.1 Å². The molecule has 2 aromatic rings. The Labute approximate surface area is 188 Å². The first-order valence-electron chi connectivity index (χ1n) is 10.8. The van der Waals surface area contributed by atoms with E-state index in [0.29, 0.717) is 45.7 Å². The SMILES string of the molecule is O=C(CC[C@@H]1Cc2ccccc2NC1=O)NCc1ccc(S(=O)(=O)N2CCOCC2)cc1. The fourth-order valence-corrected chi connectivity index (χ4v) is 5.36. The number of carbonyl (C=O) groups is 2. The molecule has 32 heavy (non-hydrogen) atoms. The molecule has 0 bridgehead atoms. The van der Waals surface area contributed by atoms with Crippen LogP contribution in [0.5, 0.6) is 0 Å². The predicted octanol–water partition coefficient (Wildman–Crippen LogP) is 1.91. The van der Waals surface area contributed by atoms with Crippen LogP contribution in [0.1, 0.15) is 24.0 Å². The van der Waals surface area contributed by atoms with Gasteiger partial charge in [-0.1, -0.05) is 30.3 Å². The van der Waals surface area contributed by atoms with E-state index in [9.17, 15) is 18.0 Å². The molecule has 0 radical (unpaired) electrons. The molecule has 9 heteroatoms. The Bertz CT molecular complexity index is 1080. The summed E-state index contributed by atoms with van der Waals surface area (Å²) in [5.74, 6) is -0.407. The highest BCUT2D eigenvalue weighted by atomic mass is 32.2. The smallest absolute Gasteiger partial charge is 0.243 e. The molecule has 2 aromatic carbocycles. The molecule has 8 nitrogen and oxygen atoms in total. The van der Waals surface area contributed by atoms with Crippen LogP contribution in [-0.2, 0) is 37.3 Å². The Morgan fingerprint density at radius 3 is 2.56 bits per heavy atom. The highest BCUT2D eigenvalue weighted by Gasteiger charge is 2.27. The van der Waals surface area contributed by atoms with E-state index in [4.69, 9.17) is 4.74 Å². The molecule has 2 aliphatic rings. The third-order valence-electron chi connectivity index (χ3n) is 5.85. The summed E-state index contributed by atoms with van der Waals surface area (Å²) in [6, 6.07) is 14.2. The third-order valence-corrected chi connectivity index (χ3v) is 7.77. The molecule has 1 saturated heterocycles. The van der Waals surface area contributed by atoms with E-state index in [2.05, 4.69) is 10.6 Å². The number of sulfonamides is 1. The van der Waals surface area contributed by atoms with Crippen molar-refractivity contribution in [3.63, 3.8) is 0 Å². The molecule has 0 aromatic heterocycles. The number of fused-ring (bicyclic) bond motifs is 1. The number of hydrogen-bond donors (Lipinski definition) is 2. The summed E-state index contributed by atoms with van der Waals surface area (Å²) in [5, 5.41) is 5.75. The zero-order valence-corrected chi connectivity index (χ0v) is 18.6. The van der Waals surface area contributed by atoms with Crippen LogP contribution in [0.3, 0.4) is 0 Å². The van der Waals surface area contributed by atoms with Crippen molar-refractivity contribution in [1.29, 1.82) is 0 Å². The number of hydrogen-bond acceptors (Lipinski definition) is 5. The molecule has 0 unspecified atom stereocenters. The second kappa shape index (κ2) is 9.81. The summed E-state index contributed by atoms with van der Waals surface area (Å²) in [6.45, 7) is 1.81. The maximum Gasteiger partial charge on any atom is 0.243 e. The normalized spacial score (nSPS) is 19.1. The zero-order valence-electron chi connectivity index (χ0n) is 17.7. The number of nitrogens with zero attached hydrogens (tertiary/aromatic N) is 1. The van der Waals surface area contributed by atoms with Gasteiger partial charge < -0.3 is 15.4 Å². The number of rotatable bonds is 7.